The lowest BCUT2D eigenvalue weighted by Gasteiger charge is -2.45. The molecule has 0 amide bonds. The SMILES string of the molecule is CO[C@H]1O[C@H](COCc2ccc(Cl)cc2)[C@@H](OCc2ccccc2)[C@H](OCc2ccccc2)[C@H]1OCc1ccccc1Cl. The summed E-state index contributed by atoms with van der Waals surface area (Å²) in [5, 5.41) is 1.30. The molecule has 6 nitrogen and oxygen atoms in total. The van der Waals surface area contributed by atoms with Gasteiger partial charge < -0.3 is 28.4 Å². The minimum absolute atomic E-state index is 0.252. The van der Waals surface area contributed by atoms with E-state index in [2.05, 4.69) is 0 Å². The molecule has 0 unspecified atom stereocenters. The van der Waals surface area contributed by atoms with Crippen LogP contribution in [0.3, 0.4) is 0 Å². The number of hydrogen-bond donors (Lipinski definition) is 0. The normalized spacial score (nSPS) is 22.0. The first-order valence-corrected chi connectivity index (χ1v) is 15.0. The molecule has 0 saturated carbocycles. The van der Waals surface area contributed by atoms with E-state index in [1.807, 2.05) is 109 Å². The van der Waals surface area contributed by atoms with Crippen LogP contribution in [0.2, 0.25) is 10.0 Å². The molecule has 1 saturated heterocycles. The second kappa shape index (κ2) is 16.3. The lowest BCUT2D eigenvalue weighted by atomic mass is 9.97. The monoisotopic (exact) mass is 622 g/mol. The highest BCUT2D eigenvalue weighted by Gasteiger charge is 2.48. The Kier molecular flexibility index (Phi) is 12.0. The zero-order valence-electron chi connectivity index (χ0n) is 24.0. The van der Waals surface area contributed by atoms with Gasteiger partial charge in [0.25, 0.3) is 0 Å². The van der Waals surface area contributed by atoms with Gasteiger partial charge >= 0.3 is 0 Å². The number of methoxy groups -OCH3 is 1. The Morgan fingerprint density at radius 1 is 0.581 bits per heavy atom. The van der Waals surface area contributed by atoms with Gasteiger partial charge in [-0.15, -0.1) is 0 Å². The van der Waals surface area contributed by atoms with Crippen LogP contribution in [-0.2, 0) is 54.8 Å². The van der Waals surface area contributed by atoms with E-state index in [0.29, 0.717) is 29.9 Å². The topological polar surface area (TPSA) is 55.4 Å². The molecule has 5 atom stereocenters. The maximum Gasteiger partial charge on any atom is 0.186 e. The van der Waals surface area contributed by atoms with E-state index in [9.17, 15) is 0 Å². The van der Waals surface area contributed by atoms with Gasteiger partial charge in [-0.05, 0) is 40.5 Å². The van der Waals surface area contributed by atoms with Crippen molar-refractivity contribution < 1.29 is 28.4 Å². The van der Waals surface area contributed by atoms with Gasteiger partial charge in [-0.2, -0.15) is 0 Å². The predicted molar refractivity (Wildman–Crippen MR) is 167 cm³/mol. The smallest absolute Gasteiger partial charge is 0.186 e. The highest BCUT2D eigenvalue weighted by molar-refractivity contribution is 6.31. The molecule has 0 aliphatic carbocycles. The van der Waals surface area contributed by atoms with Gasteiger partial charge in [-0.25, -0.2) is 0 Å². The van der Waals surface area contributed by atoms with Crippen molar-refractivity contribution in [2.24, 2.45) is 0 Å². The third-order valence-corrected chi connectivity index (χ3v) is 7.87. The average molecular weight is 624 g/mol. The fraction of sp³-hybridized carbons (Fsp3) is 0.314. The zero-order chi connectivity index (χ0) is 29.9. The first-order chi connectivity index (χ1) is 21.1. The van der Waals surface area contributed by atoms with Crippen molar-refractivity contribution in [2.75, 3.05) is 13.7 Å². The van der Waals surface area contributed by atoms with E-state index in [-0.39, 0.29) is 13.2 Å². The van der Waals surface area contributed by atoms with Crippen LogP contribution in [-0.4, -0.2) is 44.4 Å². The Hall–Kier alpha value is -2.78. The Labute approximate surface area is 263 Å². The molecular weight excluding hydrogens is 587 g/mol. The summed E-state index contributed by atoms with van der Waals surface area (Å²) in [6.07, 6.45) is -2.92. The molecule has 0 N–H and O–H groups in total. The number of ether oxygens (including phenoxy) is 6. The Morgan fingerprint density at radius 3 is 1.77 bits per heavy atom. The van der Waals surface area contributed by atoms with Crippen molar-refractivity contribution in [1.29, 1.82) is 0 Å². The first kappa shape index (κ1) is 31.6. The zero-order valence-corrected chi connectivity index (χ0v) is 25.5. The molecule has 1 aliphatic rings. The molecule has 1 heterocycles. The standard InChI is InChI=1S/C35H36Cl2O6/c1-38-35-34(42-23-28-14-8-9-15-30(28)37)33(41-22-26-12-6-3-7-13-26)32(40-21-25-10-4-2-5-11-25)31(43-35)24-39-20-27-16-18-29(36)19-17-27/h2-19,31-35H,20-24H2,1H3/t31-,32-,33+,34-,35+/m1/s1. The largest absolute Gasteiger partial charge is 0.374 e. The third kappa shape index (κ3) is 9.11. The lowest BCUT2D eigenvalue weighted by Crippen LogP contribution is -2.61. The average Bonchev–Trinajstić information content (AvgIpc) is 3.04. The number of benzene rings is 4. The summed E-state index contributed by atoms with van der Waals surface area (Å²) in [4.78, 5) is 0. The van der Waals surface area contributed by atoms with Gasteiger partial charge in [-0.1, -0.05) is 114 Å². The third-order valence-electron chi connectivity index (χ3n) is 7.25. The molecule has 1 aliphatic heterocycles. The van der Waals surface area contributed by atoms with E-state index in [0.717, 1.165) is 22.3 Å². The maximum atomic E-state index is 6.63. The summed E-state index contributed by atoms with van der Waals surface area (Å²) >= 11 is 12.5. The van der Waals surface area contributed by atoms with Crippen LogP contribution < -0.4 is 0 Å². The second-order valence-electron chi connectivity index (χ2n) is 10.3. The van der Waals surface area contributed by atoms with Crippen molar-refractivity contribution >= 4 is 23.2 Å². The molecule has 0 spiro atoms. The van der Waals surface area contributed by atoms with Gasteiger partial charge in [0.2, 0.25) is 0 Å². The van der Waals surface area contributed by atoms with Crippen LogP contribution in [0.4, 0.5) is 0 Å². The summed E-state index contributed by atoms with van der Waals surface area (Å²) in [6, 6.07) is 35.2. The van der Waals surface area contributed by atoms with Crippen molar-refractivity contribution in [1.82, 2.24) is 0 Å². The molecule has 8 heteroatoms. The number of rotatable bonds is 14. The molecular formula is C35H36Cl2O6. The minimum Gasteiger partial charge on any atom is -0.374 e. The molecule has 0 aromatic heterocycles. The first-order valence-electron chi connectivity index (χ1n) is 14.3. The van der Waals surface area contributed by atoms with Gasteiger partial charge in [0, 0.05) is 17.2 Å². The summed E-state index contributed by atoms with van der Waals surface area (Å²) in [5.41, 5.74) is 3.93. The Morgan fingerprint density at radius 2 is 1.14 bits per heavy atom. The van der Waals surface area contributed by atoms with Gasteiger partial charge in [0.15, 0.2) is 6.29 Å². The Bertz CT molecular complexity index is 1370. The molecule has 5 rings (SSSR count). The van der Waals surface area contributed by atoms with E-state index in [4.69, 9.17) is 51.6 Å². The van der Waals surface area contributed by atoms with E-state index >= 15 is 0 Å². The fourth-order valence-electron chi connectivity index (χ4n) is 4.98. The number of halogens is 2. The lowest BCUT2D eigenvalue weighted by molar-refractivity contribution is -0.323. The van der Waals surface area contributed by atoms with Crippen molar-refractivity contribution in [3.8, 4) is 0 Å². The van der Waals surface area contributed by atoms with Gasteiger partial charge in [0.05, 0.1) is 33.0 Å². The summed E-state index contributed by atoms with van der Waals surface area (Å²) in [6.45, 7) is 1.62. The van der Waals surface area contributed by atoms with Crippen LogP contribution in [0, 0.1) is 0 Å². The quantitative estimate of drug-likeness (QED) is 0.144. The van der Waals surface area contributed by atoms with Crippen LogP contribution in [0.15, 0.2) is 109 Å². The molecule has 0 bridgehead atoms. The van der Waals surface area contributed by atoms with E-state index in [1.54, 1.807) is 7.11 Å². The summed E-state index contributed by atoms with van der Waals surface area (Å²) in [7, 11) is 1.60. The van der Waals surface area contributed by atoms with Crippen LogP contribution in [0.1, 0.15) is 22.3 Å². The Balaban J connectivity index is 1.39. The molecule has 226 valence electrons. The van der Waals surface area contributed by atoms with E-state index < -0.39 is 30.7 Å². The molecule has 0 radical (unpaired) electrons. The minimum atomic E-state index is -0.732. The molecule has 43 heavy (non-hydrogen) atoms. The molecule has 4 aromatic carbocycles. The van der Waals surface area contributed by atoms with Crippen LogP contribution >= 0.6 is 23.2 Å². The highest BCUT2D eigenvalue weighted by Crippen LogP contribution is 2.32. The molecule has 1 fully saturated rings. The summed E-state index contributed by atoms with van der Waals surface area (Å²) < 4.78 is 38.2. The van der Waals surface area contributed by atoms with Crippen LogP contribution in [0.25, 0.3) is 0 Å². The molecule has 4 aromatic rings. The summed E-state index contributed by atoms with van der Waals surface area (Å²) in [5.74, 6) is 0. The van der Waals surface area contributed by atoms with Crippen molar-refractivity contribution in [3.05, 3.63) is 141 Å². The van der Waals surface area contributed by atoms with Gasteiger partial charge in [0.1, 0.15) is 24.4 Å². The highest BCUT2D eigenvalue weighted by atomic mass is 35.5. The second-order valence-corrected chi connectivity index (χ2v) is 11.2. The van der Waals surface area contributed by atoms with Crippen LogP contribution in [0.5, 0.6) is 0 Å². The van der Waals surface area contributed by atoms with Gasteiger partial charge in [-0.3, -0.25) is 0 Å². The van der Waals surface area contributed by atoms with E-state index in [1.165, 1.54) is 0 Å². The maximum absolute atomic E-state index is 6.63. The van der Waals surface area contributed by atoms with Crippen molar-refractivity contribution in [3.63, 3.8) is 0 Å². The predicted octanol–water partition coefficient (Wildman–Crippen LogP) is 7.64. The van der Waals surface area contributed by atoms with Crippen molar-refractivity contribution in [2.45, 2.75) is 57.1 Å². The number of hydrogen-bond acceptors (Lipinski definition) is 6. The fourth-order valence-corrected chi connectivity index (χ4v) is 5.29.